The van der Waals surface area contributed by atoms with Crippen molar-refractivity contribution in [2.45, 2.75) is 26.2 Å². The molecule has 0 aliphatic carbocycles. The molecule has 0 saturated carbocycles. The van der Waals surface area contributed by atoms with Crippen LogP contribution in [0, 0.1) is 19.7 Å². The number of hydrogen-bond acceptors (Lipinski definition) is 2. The molecule has 0 bridgehead atoms. The average Bonchev–Trinajstić information content (AvgIpc) is 3.39. The molecule has 0 unspecified atom stereocenters. The maximum absolute atomic E-state index is 13.6. The predicted octanol–water partition coefficient (Wildman–Crippen LogP) is 7.25. The number of carbonyl (C=O) groups is 1. The number of benzene rings is 4. The highest BCUT2D eigenvalue weighted by Gasteiger charge is 2.20. The van der Waals surface area contributed by atoms with Crippen molar-refractivity contribution in [3.63, 3.8) is 0 Å². The molecule has 1 amide bonds. The van der Waals surface area contributed by atoms with E-state index >= 15 is 0 Å². The topological polar surface area (TPSA) is 46.9 Å². The van der Waals surface area contributed by atoms with Gasteiger partial charge in [0.15, 0.2) is 0 Å². The fourth-order valence-electron chi connectivity index (χ4n) is 4.75. The van der Waals surface area contributed by atoms with E-state index in [1.165, 1.54) is 23.3 Å². The number of rotatable bonds is 8. The van der Waals surface area contributed by atoms with Gasteiger partial charge in [-0.05, 0) is 78.9 Å². The lowest BCUT2D eigenvalue weighted by atomic mass is 9.88. The van der Waals surface area contributed by atoms with E-state index in [2.05, 4.69) is 29.6 Å². The van der Waals surface area contributed by atoms with Gasteiger partial charge in [0.05, 0.1) is 11.4 Å². The first-order valence-electron chi connectivity index (χ1n) is 12.8. The third-order valence-electron chi connectivity index (χ3n) is 6.80. The fourth-order valence-corrected chi connectivity index (χ4v) is 4.75. The van der Waals surface area contributed by atoms with E-state index in [4.69, 9.17) is 5.10 Å². The van der Waals surface area contributed by atoms with Crippen LogP contribution in [-0.4, -0.2) is 22.2 Å². The molecule has 0 spiro atoms. The van der Waals surface area contributed by atoms with E-state index in [1.54, 1.807) is 22.9 Å². The van der Waals surface area contributed by atoms with Gasteiger partial charge >= 0.3 is 0 Å². The lowest BCUT2D eigenvalue weighted by Crippen LogP contribution is -2.28. The van der Waals surface area contributed by atoms with Crippen molar-refractivity contribution in [3.05, 3.63) is 143 Å². The third kappa shape index (κ3) is 5.57. The molecule has 1 heterocycles. The van der Waals surface area contributed by atoms with Crippen molar-refractivity contribution in [1.82, 2.24) is 15.1 Å². The van der Waals surface area contributed by atoms with Crippen molar-refractivity contribution in [1.29, 1.82) is 0 Å². The van der Waals surface area contributed by atoms with Gasteiger partial charge in [-0.1, -0.05) is 72.8 Å². The molecule has 0 aliphatic rings. The van der Waals surface area contributed by atoms with Crippen LogP contribution in [0.1, 0.15) is 45.1 Å². The normalized spacial score (nSPS) is 11.1. The maximum atomic E-state index is 13.6. The number of nitrogens with zero attached hydrogens (tertiary/aromatic N) is 2. The molecule has 5 heteroatoms. The first kappa shape index (κ1) is 25.2. The highest BCUT2D eigenvalue weighted by atomic mass is 19.1. The Morgan fingerprint density at radius 2 is 1.47 bits per heavy atom. The molecule has 5 aromatic rings. The van der Waals surface area contributed by atoms with Crippen LogP contribution < -0.4 is 5.32 Å². The van der Waals surface area contributed by atoms with Crippen molar-refractivity contribution in [3.8, 4) is 16.9 Å². The number of amides is 1. The smallest absolute Gasteiger partial charge is 0.270 e. The Bertz CT molecular complexity index is 1490. The number of nitrogens with one attached hydrogen (secondary N) is 1. The summed E-state index contributed by atoms with van der Waals surface area (Å²) in [5.41, 5.74) is 7.15. The molecule has 38 heavy (non-hydrogen) atoms. The van der Waals surface area contributed by atoms with E-state index < -0.39 is 0 Å². The summed E-state index contributed by atoms with van der Waals surface area (Å²) in [5, 5.41) is 7.90. The van der Waals surface area contributed by atoms with Crippen LogP contribution >= 0.6 is 0 Å². The van der Waals surface area contributed by atoms with Crippen molar-refractivity contribution >= 4 is 5.91 Å². The molecule has 0 radical (unpaired) electrons. The molecular formula is C33H30FN3O. The number of aryl methyl sites for hydroxylation is 2. The Hall–Kier alpha value is -4.51. The number of halogens is 1. The van der Waals surface area contributed by atoms with Gasteiger partial charge in [0.1, 0.15) is 11.5 Å². The van der Waals surface area contributed by atoms with E-state index in [0.29, 0.717) is 17.9 Å². The SMILES string of the molecule is Cc1ccc(C)c(-n2nc(-c3ccc(F)cc3)cc2C(=O)NCCC(c2ccccc2)c2ccccc2)c1. The quantitative estimate of drug-likeness (QED) is 0.242. The maximum Gasteiger partial charge on any atom is 0.270 e. The Morgan fingerprint density at radius 3 is 2.11 bits per heavy atom. The molecule has 4 nitrogen and oxygen atoms in total. The van der Waals surface area contributed by atoms with Gasteiger partial charge < -0.3 is 5.32 Å². The summed E-state index contributed by atoms with van der Waals surface area (Å²) in [7, 11) is 0. The summed E-state index contributed by atoms with van der Waals surface area (Å²) in [6, 6.07) is 34.7. The second kappa shape index (κ2) is 11.3. The second-order valence-corrected chi connectivity index (χ2v) is 9.54. The fraction of sp³-hybridized carbons (Fsp3) is 0.152. The van der Waals surface area contributed by atoms with Crippen LogP contribution in [0.5, 0.6) is 0 Å². The molecule has 0 saturated heterocycles. The van der Waals surface area contributed by atoms with Gasteiger partial charge in [-0.3, -0.25) is 4.79 Å². The number of carbonyl (C=O) groups excluding carboxylic acids is 1. The first-order chi connectivity index (χ1) is 18.5. The van der Waals surface area contributed by atoms with E-state index in [1.807, 2.05) is 68.4 Å². The third-order valence-corrected chi connectivity index (χ3v) is 6.80. The van der Waals surface area contributed by atoms with Gasteiger partial charge in [-0.25, -0.2) is 9.07 Å². The average molecular weight is 504 g/mol. The van der Waals surface area contributed by atoms with Crippen LogP contribution in [0.4, 0.5) is 4.39 Å². The van der Waals surface area contributed by atoms with Crippen molar-refractivity contribution < 1.29 is 9.18 Å². The molecule has 1 N–H and O–H groups in total. The van der Waals surface area contributed by atoms with Crippen LogP contribution in [0.15, 0.2) is 109 Å². The summed E-state index contributed by atoms with van der Waals surface area (Å²) in [4.78, 5) is 13.6. The monoisotopic (exact) mass is 503 g/mol. The van der Waals surface area contributed by atoms with Crippen molar-refractivity contribution in [2.75, 3.05) is 6.54 Å². The Kier molecular flexibility index (Phi) is 7.45. The second-order valence-electron chi connectivity index (χ2n) is 9.54. The Balaban J connectivity index is 1.42. The highest BCUT2D eigenvalue weighted by molar-refractivity contribution is 5.94. The molecule has 4 aromatic carbocycles. The van der Waals surface area contributed by atoms with E-state index in [-0.39, 0.29) is 17.6 Å². The van der Waals surface area contributed by atoms with Gasteiger partial charge in [-0.2, -0.15) is 5.10 Å². The zero-order valence-electron chi connectivity index (χ0n) is 21.6. The minimum atomic E-state index is -0.313. The Labute approximate surface area is 222 Å². The van der Waals surface area contributed by atoms with Gasteiger partial charge in [0.25, 0.3) is 5.91 Å². The van der Waals surface area contributed by atoms with Gasteiger partial charge in [-0.15, -0.1) is 0 Å². The summed E-state index contributed by atoms with van der Waals surface area (Å²) in [6.07, 6.45) is 0.752. The lowest BCUT2D eigenvalue weighted by molar-refractivity contribution is 0.0945. The standard InChI is InChI=1S/C33H30FN3O/c1-23-13-14-24(2)31(21-23)37-32(22-30(36-37)27-15-17-28(34)18-16-27)33(38)35-20-19-29(25-9-5-3-6-10-25)26-11-7-4-8-12-26/h3-18,21-22,29H,19-20H2,1-2H3,(H,35,38). The van der Waals surface area contributed by atoms with E-state index in [0.717, 1.165) is 28.8 Å². The molecule has 1 aromatic heterocycles. The van der Waals surface area contributed by atoms with Gasteiger partial charge in [0, 0.05) is 18.0 Å². The summed E-state index contributed by atoms with van der Waals surface area (Å²) >= 11 is 0. The largest absolute Gasteiger partial charge is 0.351 e. The Morgan fingerprint density at radius 1 is 0.842 bits per heavy atom. The predicted molar refractivity (Wildman–Crippen MR) is 150 cm³/mol. The van der Waals surface area contributed by atoms with E-state index in [9.17, 15) is 9.18 Å². The molecular weight excluding hydrogens is 473 g/mol. The molecule has 0 atom stereocenters. The zero-order valence-corrected chi connectivity index (χ0v) is 21.6. The van der Waals surface area contributed by atoms with Crippen LogP contribution in [-0.2, 0) is 0 Å². The molecule has 0 aliphatic heterocycles. The summed E-state index contributed by atoms with van der Waals surface area (Å²) < 4.78 is 15.2. The summed E-state index contributed by atoms with van der Waals surface area (Å²) in [6.45, 7) is 4.51. The molecule has 5 rings (SSSR count). The van der Waals surface area contributed by atoms with Crippen molar-refractivity contribution in [2.24, 2.45) is 0 Å². The van der Waals surface area contributed by atoms with Crippen LogP contribution in [0.25, 0.3) is 16.9 Å². The molecule has 190 valence electrons. The minimum absolute atomic E-state index is 0.163. The van der Waals surface area contributed by atoms with Crippen LogP contribution in [0.2, 0.25) is 0 Å². The van der Waals surface area contributed by atoms with Gasteiger partial charge in [0.2, 0.25) is 0 Å². The number of aromatic nitrogens is 2. The highest BCUT2D eigenvalue weighted by Crippen LogP contribution is 2.28. The minimum Gasteiger partial charge on any atom is -0.351 e. The van der Waals surface area contributed by atoms with Crippen LogP contribution in [0.3, 0.4) is 0 Å². The summed E-state index contributed by atoms with van der Waals surface area (Å²) in [5.74, 6) is -0.352. The zero-order chi connectivity index (χ0) is 26.5. The first-order valence-corrected chi connectivity index (χ1v) is 12.8. The lowest BCUT2D eigenvalue weighted by Gasteiger charge is -2.18. The number of hydrogen-bond donors (Lipinski definition) is 1. The molecule has 0 fully saturated rings.